The third kappa shape index (κ3) is 2.96. The Labute approximate surface area is 149 Å². The van der Waals surface area contributed by atoms with Crippen LogP contribution in [0.4, 0.5) is 17.2 Å². The summed E-state index contributed by atoms with van der Waals surface area (Å²) >= 11 is 0. The maximum absolute atomic E-state index is 12.5. The van der Waals surface area contributed by atoms with Crippen molar-refractivity contribution in [3.8, 4) is 11.3 Å². The van der Waals surface area contributed by atoms with Gasteiger partial charge in [-0.1, -0.05) is 18.2 Å². The average Bonchev–Trinajstić information content (AvgIpc) is 3.03. The monoisotopic (exact) mass is 347 g/mol. The number of Topliss-reactive ketones (excluding diaryl/α,β-unsaturated/α-hetero) is 1. The first-order valence-electron chi connectivity index (χ1n) is 8.23. The van der Waals surface area contributed by atoms with Gasteiger partial charge in [0, 0.05) is 29.7 Å². The Balaban J connectivity index is 1.85. The van der Waals surface area contributed by atoms with E-state index in [4.69, 9.17) is 0 Å². The third-order valence-electron chi connectivity index (χ3n) is 4.24. The lowest BCUT2D eigenvalue weighted by Gasteiger charge is -2.14. The number of H-pyrrole nitrogens is 1. The van der Waals surface area contributed by atoms with Gasteiger partial charge in [-0.05, 0) is 24.3 Å². The molecular formula is C19H17N5O2. The molecule has 2 aromatic heterocycles. The summed E-state index contributed by atoms with van der Waals surface area (Å²) in [4.78, 5) is 30.7. The molecule has 3 heterocycles. The number of nitrogens with zero attached hydrogens (tertiary/aromatic N) is 1. The number of rotatable bonds is 5. The predicted molar refractivity (Wildman–Crippen MR) is 99.5 cm³/mol. The SMILES string of the molecule is O=CNc1cc(-c2[nH]c3c(c2Nc2ccccc2)C(=O)CNC3)ccn1. The van der Waals surface area contributed by atoms with E-state index in [0.717, 1.165) is 28.3 Å². The fraction of sp³-hybridized carbons (Fsp3) is 0.105. The van der Waals surface area contributed by atoms with Crippen LogP contribution in [0.5, 0.6) is 0 Å². The zero-order chi connectivity index (χ0) is 17.9. The van der Waals surface area contributed by atoms with E-state index in [0.29, 0.717) is 30.9 Å². The van der Waals surface area contributed by atoms with E-state index >= 15 is 0 Å². The number of aromatic amines is 1. The van der Waals surface area contributed by atoms with E-state index in [1.165, 1.54) is 0 Å². The Morgan fingerprint density at radius 3 is 2.77 bits per heavy atom. The van der Waals surface area contributed by atoms with Crippen LogP contribution in [0.3, 0.4) is 0 Å². The van der Waals surface area contributed by atoms with Crippen LogP contribution in [0, 0.1) is 0 Å². The molecule has 0 unspecified atom stereocenters. The number of ketones is 1. The summed E-state index contributed by atoms with van der Waals surface area (Å²) in [6, 6.07) is 13.3. The van der Waals surface area contributed by atoms with Crippen molar-refractivity contribution in [1.29, 1.82) is 0 Å². The molecule has 1 aliphatic rings. The van der Waals surface area contributed by atoms with Crippen molar-refractivity contribution in [2.45, 2.75) is 6.54 Å². The molecule has 1 amide bonds. The first-order valence-corrected chi connectivity index (χ1v) is 8.23. The van der Waals surface area contributed by atoms with Crippen molar-refractivity contribution < 1.29 is 9.59 Å². The van der Waals surface area contributed by atoms with Crippen molar-refractivity contribution >= 4 is 29.4 Å². The zero-order valence-corrected chi connectivity index (χ0v) is 13.9. The van der Waals surface area contributed by atoms with Gasteiger partial charge in [0.05, 0.1) is 23.5 Å². The molecule has 7 heteroatoms. The summed E-state index contributed by atoms with van der Waals surface area (Å²) < 4.78 is 0. The average molecular weight is 347 g/mol. The number of pyridine rings is 1. The van der Waals surface area contributed by atoms with Crippen molar-refractivity contribution in [2.75, 3.05) is 17.2 Å². The molecule has 0 radical (unpaired) electrons. The minimum absolute atomic E-state index is 0.0347. The van der Waals surface area contributed by atoms with Crippen LogP contribution in [-0.4, -0.2) is 28.7 Å². The molecule has 0 atom stereocenters. The van der Waals surface area contributed by atoms with E-state index in [-0.39, 0.29) is 5.78 Å². The molecule has 1 aromatic carbocycles. The number of anilines is 3. The van der Waals surface area contributed by atoms with Gasteiger partial charge in [0.1, 0.15) is 5.82 Å². The van der Waals surface area contributed by atoms with Gasteiger partial charge >= 0.3 is 0 Å². The molecule has 0 bridgehead atoms. The number of benzene rings is 1. The lowest BCUT2D eigenvalue weighted by molar-refractivity contribution is -0.105. The summed E-state index contributed by atoms with van der Waals surface area (Å²) in [7, 11) is 0. The highest BCUT2D eigenvalue weighted by Crippen LogP contribution is 2.37. The molecule has 0 fully saturated rings. The van der Waals surface area contributed by atoms with Crippen molar-refractivity contribution in [1.82, 2.24) is 15.3 Å². The quantitative estimate of drug-likeness (QED) is 0.532. The fourth-order valence-electron chi connectivity index (χ4n) is 3.11. The molecule has 26 heavy (non-hydrogen) atoms. The molecular weight excluding hydrogens is 330 g/mol. The fourth-order valence-corrected chi connectivity index (χ4v) is 3.11. The molecule has 7 nitrogen and oxygen atoms in total. The van der Waals surface area contributed by atoms with E-state index in [2.05, 4.69) is 25.9 Å². The van der Waals surface area contributed by atoms with Gasteiger partial charge in [-0.15, -0.1) is 0 Å². The number of fused-ring (bicyclic) bond motifs is 1. The lowest BCUT2D eigenvalue weighted by Crippen LogP contribution is -2.29. The largest absolute Gasteiger partial charge is 0.355 e. The Kier molecular flexibility index (Phi) is 4.20. The number of amides is 1. The minimum Gasteiger partial charge on any atom is -0.355 e. The number of hydrogen-bond acceptors (Lipinski definition) is 5. The number of aromatic nitrogens is 2. The number of hydrogen-bond donors (Lipinski definition) is 4. The number of nitrogens with one attached hydrogen (secondary N) is 4. The highest BCUT2D eigenvalue weighted by molar-refractivity contribution is 6.08. The van der Waals surface area contributed by atoms with E-state index < -0.39 is 0 Å². The Morgan fingerprint density at radius 2 is 1.96 bits per heavy atom. The van der Waals surface area contributed by atoms with Crippen LogP contribution in [-0.2, 0) is 11.3 Å². The normalized spacial score (nSPS) is 13.2. The third-order valence-corrected chi connectivity index (χ3v) is 4.24. The maximum atomic E-state index is 12.5. The molecule has 1 aliphatic heterocycles. The van der Waals surface area contributed by atoms with Crippen LogP contribution in [0.2, 0.25) is 0 Å². The second kappa shape index (κ2) is 6.81. The zero-order valence-electron chi connectivity index (χ0n) is 13.9. The van der Waals surface area contributed by atoms with Gasteiger partial charge in [-0.25, -0.2) is 4.98 Å². The summed E-state index contributed by atoms with van der Waals surface area (Å²) in [5, 5.41) is 9.02. The Hall–Kier alpha value is -3.45. The van der Waals surface area contributed by atoms with Crippen molar-refractivity contribution in [3.63, 3.8) is 0 Å². The van der Waals surface area contributed by atoms with Gasteiger partial charge < -0.3 is 20.9 Å². The van der Waals surface area contributed by atoms with E-state index in [1.807, 2.05) is 36.4 Å². The summed E-state index contributed by atoms with van der Waals surface area (Å²) in [5.41, 5.74) is 4.75. The molecule has 0 spiro atoms. The number of para-hydroxylation sites is 1. The van der Waals surface area contributed by atoms with Crippen LogP contribution in [0.1, 0.15) is 16.1 Å². The first kappa shape index (κ1) is 16.0. The molecule has 4 rings (SSSR count). The van der Waals surface area contributed by atoms with Gasteiger partial charge in [-0.2, -0.15) is 0 Å². The standard InChI is InChI=1S/C19H17N5O2/c25-11-22-16-8-12(6-7-21-16)18-19(23-13-4-2-1-3-5-13)17-14(24-18)9-20-10-15(17)26/h1-8,11,20,23-24H,9-10H2,(H,21,22,25). The van der Waals surface area contributed by atoms with Crippen molar-refractivity contribution in [2.24, 2.45) is 0 Å². The van der Waals surface area contributed by atoms with Gasteiger partial charge in [-0.3, -0.25) is 9.59 Å². The van der Waals surface area contributed by atoms with Crippen LogP contribution >= 0.6 is 0 Å². The highest BCUT2D eigenvalue weighted by atomic mass is 16.1. The topological polar surface area (TPSA) is 98.9 Å². The predicted octanol–water partition coefficient (Wildman–Crippen LogP) is 2.67. The Bertz CT molecular complexity index is 965. The van der Waals surface area contributed by atoms with E-state index in [9.17, 15) is 9.59 Å². The summed E-state index contributed by atoms with van der Waals surface area (Å²) in [5.74, 6) is 0.479. The molecule has 0 saturated heterocycles. The first-order chi connectivity index (χ1) is 12.8. The van der Waals surface area contributed by atoms with Crippen LogP contribution < -0.4 is 16.0 Å². The lowest BCUT2D eigenvalue weighted by atomic mass is 10.0. The highest BCUT2D eigenvalue weighted by Gasteiger charge is 2.26. The second-order valence-corrected chi connectivity index (χ2v) is 5.94. The summed E-state index contributed by atoms with van der Waals surface area (Å²) in [6.45, 7) is 0.900. The molecule has 0 saturated carbocycles. The molecule has 0 aliphatic carbocycles. The van der Waals surface area contributed by atoms with Gasteiger partial charge in [0.15, 0.2) is 5.78 Å². The maximum Gasteiger partial charge on any atom is 0.212 e. The Morgan fingerprint density at radius 1 is 1.12 bits per heavy atom. The smallest absolute Gasteiger partial charge is 0.212 e. The van der Waals surface area contributed by atoms with Crippen molar-refractivity contribution in [3.05, 3.63) is 59.9 Å². The number of carbonyl (C=O) groups excluding carboxylic acids is 2. The van der Waals surface area contributed by atoms with E-state index in [1.54, 1.807) is 12.3 Å². The summed E-state index contributed by atoms with van der Waals surface area (Å²) in [6.07, 6.45) is 2.20. The van der Waals surface area contributed by atoms with Gasteiger partial charge in [0.2, 0.25) is 6.41 Å². The second-order valence-electron chi connectivity index (χ2n) is 5.94. The molecule has 130 valence electrons. The molecule has 3 aromatic rings. The van der Waals surface area contributed by atoms with Gasteiger partial charge in [0.25, 0.3) is 0 Å². The minimum atomic E-state index is 0.0347. The van der Waals surface area contributed by atoms with Crippen LogP contribution in [0.15, 0.2) is 48.7 Å². The van der Waals surface area contributed by atoms with Crippen LogP contribution in [0.25, 0.3) is 11.3 Å². The molecule has 4 N–H and O–H groups in total. The number of carbonyl (C=O) groups is 2.